The Morgan fingerprint density at radius 3 is 2.73 bits per heavy atom. The van der Waals surface area contributed by atoms with Gasteiger partial charge in [-0.05, 0) is 67.8 Å². The topological polar surface area (TPSA) is 56.1 Å². The largest absolute Gasteiger partial charge is 0.493 e. The molecule has 0 aliphatic carbocycles. The van der Waals surface area contributed by atoms with Gasteiger partial charge in [-0.3, -0.25) is 4.79 Å². The van der Waals surface area contributed by atoms with Crippen LogP contribution in [0.5, 0.6) is 5.75 Å². The zero-order valence-corrected chi connectivity index (χ0v) is 20.6. The number of ether oxygens (including phenoxy) is 1. The molecule has 1 amide bonds. The standard InChI is InChI=1S/C27H28BrN3O2/c1-19-8-5-13-25(20(19)2)33-17-7-16-31-24-12-4-3-11-23(24)30-26(31)14-15-29-27(32)21-9-6-10-22(28)18-21/h3-6,8-13,18H,7,14-17H2,1-2H3,(H,29,32). The van der Waals surface area contributed by atoms with Gasteiger partial charge in [0.25, 0.3) is 5.91 Å². The van der Waals surface area contributed by atoms with E-state index in [4.69, 9.17) is 9.72 Å². The second-order valence-electron chi connectivity index (χ2n) is 8.08. The van der Waals surface area contributed by atoms with Crippen LogP contribution in [0.3, 0.4) is 0 Å². The number of hydrogen-bond donors (Lipinski definition) is 1. The van der Waals surface area contributed by atoms with E-state index in [9.17, 15) is 4.79 Å². The Labute approximate surface area is 202 Å². The van der Waals surface area contributed by atoms with Crippen LogP contribution in [0.1, 0.15) is 33.7 Å². The number of benzene rings is 3. The summed E-state index contributed by atoms with van der Waals surface area (Å²) < 4.78 is 9.18. The maximum Gasteiger partial charge on any atom is 0.251 e. The molecule has 170 valence electrons. The van der Waals surface area contributed by atoms with Gasteiger partial charge in [0.1, 0.15) is 11.6 Å². The molecule has 0 radical (unpaired) electrons. The van der Waals surface area contributed by atoms with Crippen LogP contribution in [0.2, 0.25) is 0 Å². The molecule has 4 rings (SSSR count). The van der Waals surface area contributed by atoms with Gasteiger partial charge in [0.15, 0.2) is 0 Å². The monoisotopic (exact) mass is 505 g/mol. The first-order valence-electron chi connectivity index (χ1n) is 11.2. The van der Waals surface area contributed by atoms with E-state index in [0.29, 0.717) is 25.1 Å². The van der Waals surface area contributed by atoms with Crippen LogP contribution < -0.4 is 10.1 Å². The zero-order chi connectivity index (χ0) is 23.2. The van der Waals surface area contributed by atoms with Gasteiger partial charge in [-0.1, -0.05) is 46.3 Å². The maximum absolute atomic E-state index is 12.5. The lowest BCUT2D eigenvalue weighted by Gasteiger charge is -2.13. The van der Waals surface area contributed by atoms with Crippen molar-refractivity contribution in [2.24, 2.45) is 0 Å². The van der Waals surface area contributed by atoms with Crippen LogP contribution in [0, 0.1) is 13.8 Å². The third kappa shape index (κ3) is 5.63. The van der Waals surface area contributed by atoms with Crippen LogP contribution >= 0.6 is 15.9 Å². The van der Waals surface area contributed by atoms with Gasteiger partial charge in [-0.2, -0.15) is 0 Å². The van der Waals surface area contributed by atoms with Gasteiger partial charge in [-0.15, -0.1) is 0 Å². The highest BCUT2D eigenvalue weighted by atomic mass is 79.9. The number of aryl methyl sites for hydroxylation is 2. The Morgan fingerprint density at radius 1 is 1.06 bits per heavy atom. The predicted molar refractivity (Wildman–Crippen MR) is 136 cm³/mol. The number of carbonyl (C=O) groups excluding carboxylic acids is 1. The van der Waals surface area contributed by atoms with Crippen LogP contribution in [-0.2, 0) is 13.0 Å². The first-order chi connectivity index (χ1) is 16.0. The fourth-order valence-corrected chi connectivity index (χ4v) is 4.27. The van der Waals surface area contributed by atoms with Gasteiger partial charge in [0, 0.05) is 29.5 Å². The van der Waals surface area contributed by atoms with Crippen LogP contribution in [-0.4, -0.2) is 28.6 Å². The fourth-order valence-electron chi connectivity index (χ4n) is 3.87. The molecule has 0 saturated heterocycles. The lowest BCUT2D eigenvalue weighted by Crippen LogP contribution is -2.26. The van der Waals surface area contributed by atoms with Crippen molar-refractivity contribution in [2.45, 2.75) is 33.2 Å². The van der Waals surface area contributed by atoms with Gasteiger partial charge in [-0.25, -0.2) is 4.98 Å². The molecule has 0 unspecified atom stereocenters. The third-order valence-corrected chi connectivity index (χ3v) is 6.29. The van der Waals surface area contributed by atoms with Gasteiger partial charge in [0.05, 0.1) is 17.6 Å². The molecule has 3 aromatic carbocycles. The number of carbonyl (C=O) groups is 1. The second-order valence-corrected chi connectivity index (χ2v) is 9.00. The Hall–Kier alpha value is -3.12. The van der Waals surface area contributed by atoms with Gasteiger partial charge in [0.2, 0.25) is 0 Å². The molecule has 1 heterocycles. The molecule has 0 aliphatic rings. The number of imidazole rings is 1. The molecular formula is C27H28BrN3O2. The van der Waals surface area contributed by atoms with Gasteiger partial charge >= 0.3 is 0 Å². The lowest BCUT2D eigenvalue weighted by atomic mass is 10.1. The highest BCUT2D eigenvalue weighted by Gasteiger charge is 2.12. The highest BCUT2D eigenvalue weighted by Crippen LogP contribution is 2.21. The Kier molecular flexibility index (Phi) is 7.45. The molecule has 5 nitrogen and oxygen atoms in total. The molecular weight excluding hydrogens is 478 g/mol. The molecule has 0 spiro atoms. The average molecular weight is 506 g/mol. The van der Waals surface area contributed by atoms with Crippen LogP contribution in [0.4, 0.5) is 0 Å². The van der Waals surface area contributed by atoms with E-state index < -0.39 is 0 Å². The minimum Gasteiger partial charge on any atom is -0.493 e. The first kappa shape index (κ1) is 23.1. The Balaban J connectivity index is 1.39. The number of nitrogens with zero attached hydrogens (tertiary/aromatic N) is 2. The van der Waals surface area contributed by atoms with E-state index in [2.05, 4.69) is 51.8 Å². The van der Waals surface area contributed by atoms with E-state index >= 15 is 0 Å². The molecule has 33 heavy (non-hydrogen) atoms. The summed E-state index contributed by atoms with van der Waals surface area (Å²) in [5, 5.41) is 3.01. The minimum atomic E-state index is -0.0825. The molecule has 1 N–H and O–H groups in total. The number of para-hydroxylation sites is 2. The summed E-state index contributed by atoms with van der Waals surface area (Å²) in [4.78, 5) is 17.3. The van der Waals surface area contributed by atoms with E-state index in [1.807, 2.05) is 54.6 Å². The summed E-state index contributed by atoms with van der Waals surface area (Å²) >= 11 is 3.41. The third-order valence-electron chi connectivity index (χ3n) is 5.79. The second kappa shape index (κ2) is 10.7. The van der Waals surface area contributed by atoms with Crippen molar-refractivity contribution in [2.75, 3.05) is 13.2 Å². The van der Waals surface area contributed by atoms with Crippen LogP contribution in [0.25, 0.3) is 11.0 Å². The molecule has 0 atom stereocenters. The summed E-state index contributed by atoms with van der Waals surface area (Å²) in [5.74, 6) is 1.83. The predicted octanol–water partition coefficient (Wildman–Crippen LogP) is 5.86. The fraction of sp³-hybridized carbons (Fsp3) is 0.259. The van der Waals surface area contributed by atoms with E-state index in [-0.39, 0.29) is 5.91 Å². The SMILES string of the molecule is Cc1cccc(OCCCn2c(CCNC(=O)c3cccc(Br)c3)nc3ccccc32)c1C. The minimum absolute atomic E-state index is 0.0825. The van der Waals surface area contributed by atoms with Crippen molar-refractivity contribution in [3.8, 4) is 5.75 Å². The smallest absolute Gasteiger partial charge is 0.251 e. The summed E-state index contributed by atoms with van der Waals surface area (Å²) in [6.07, 6.45) is 1.53. The number of nitrogens with one attached hydrogen (secondary N) is 1. The average Bonchev–Trinajstić information content (AvgIpc) is 3.16. The summed E-state index contributed by atoms with van der Waals surface area (Å²) in [5.41, 5.74) is 5.15. The molecule has 0 bridgehead atoms. The molecule has 0 fully saturated rings. The normalized spacial score (nSPS) is 11.0. The van der Waals surface area contributed by atoms with E-state index in [1.54, 1.807) is 0 Å². The van der Waals surface area contributed by atoms with Crippen LogP contribution in [0.15, 0.2) is 71.2 Å². The quantitative estimate of drug-likeness (QED) is 0.290. The molecule has 1 aromatic heterocycles. The first-order valence-corrected chi connectivity index (χ1v) is 12.0. The van der Waals surface area contributed by atoms with Crippen molar-refractivity contribution in [1.29, 1.82) is 0 Å². The lowest BCUT2D eigenvalue weighted by molar-refractivity contribution is 0.0954. The maximum atomic E-state index is 12.5. The van der Waals surface area contributed by atoms with Crippen molar-refractivity contribution < 1.29 is 9.53 Å². The number of rotatable bonds is 9. The summed E-state index contributed by atoms with van der Waals surface area (Å²) in [6.45, 7) is 6.15. The summed E-state index contributed by atoms with van der Waals surface area (Å²) in [7, 11) is 0. The highest BCUT2D eigenvalue weighted by molar-refractivity contribution is 9.10. The van der Waals surface area contributed by atoms with Crippen molar-refractivity contribution in [1.82, 2.24) is 14.9 Å². The number of hydrogen-bond acceptors (Lipinski definition) is 3. The van der Waals surface area contributed by atoms with E-state index in [0.717, 1.165) is 40.0 Å². The van der Waals surface area contributed by atoms with Crippen molar-refractivity contribution in [3.05, 3.63) is 93.7 Å². The van der Waals surface area contributed by atoms with E-state index in [1.165, 1.54) is 11.1 Å². The van der Waals surface area contributed by atoms with Crippen molar-refractivity contribution in [3.63, 3.8) is 0 Å². The van der Waals surface area contributed by atoms with Gasteiger partial charge < -0.3 is 14.6 Å². The zero-order valence-electron chi connectivity index (χ0n) is 19.0. The molecule has 6 heteroatoms. The number of halogens is 1. The van der Waals surface area contributed by atoms with Crippen molar-refractivity contribution >= 4 is 32.9 Å². The molecule has 0 saturated carbocycles. The Morgan fingerprint density at radius 2 is 1.88 bits per heavy atom. The number of fused-ring (bicyclic) bond motifs is 1. The molecule has 0 aliphatic heterocycles. The summed E-state index contributed by atoms with van der Waals surface area (Å²) in [6, 6.07) is 21.7. The Bertz CT molecular complexity index is 1270. The number of amides is 1. The molecule has 4 aromatic rings. The number of aromatic nitrogens is 2.